The number of carbonyl (C=O) groups excluding carboxylic acids is 1. The van der Waals surface area contributed by atoms with Gasteiger partial charge in [-0.25, -0.2) is 4.79 Å². The number of likely N-dealkylation sites (tertiary alicyclic amines) is 1. The normalized spacial score (nSPS) is 17.9. The van der Waals surface area contributed by atoms with Gasteiger partial charge < -0.3 is 10.2 Å². The first-order valence-electron chi connectivity index (χ1n) is 8.54. The Morgan fingerprint density at radius 2 is 2.29 bits per heavy atom. The fraction of sp³-hybridized carbons (Fsp3) is 0.474. The summed E-state index contributed by atoms with van der Waals surface area (Å²) in [6.07, 6.45) is 6.28. The molecule has 0 aliphatic carbocycles. The van der Waals surface area contributed by atoms with Crippen LogP contribution < -0.4 is 5.32 Å². The second-order valence-corrected chi connectivity index (χ2v) is 7.41. The van der Waals surface area contributed by atoms with Gasteiger partial charge in [0.05, 0.1) is 5.52 Å². The summed E-state index contributed by atoms with van der Waals surface area (Å²) in [6.45, 7) is 4.39. The van der Waals surface area contributed by atoms with E-state index in [9.17, 15) is 4.79 Å². The van der Waals surface area contributed by atoms with Gasteiger partial charge in [-0.1, -0.05) is 12.1 Å². The number of hydrogen-bond donors (Lipinski definition) is 1. The van der Waals surface area contributed by atoms with E-state index in [4.69, 9.17) is 0 Å². The van der Waals surface area contributed by atoms with Crippen LogP contribution in [0.1, 0.15) is 24.0 Å². The van der Waals surface area contributed by atoms with E-state index in [2.05, 4.69) is 35.6 Å². The molecule has 3 rings (SSSR count). The lowest BCUT2D eigenvalue weighted by atomic mass is 10.0. The van der Waals surface area contributed by atoms with Crippen LogP contribution >= 0.6 is 11.8 Å². The number of nitrogens with zero attached hydrogens (tertiary/aromatic N) is 2. The average Bonchev–Trinajstić information content (AvgIpc) is 2.61. The summed E-state index contributed by atoms with van der Waals surface area (Å²) in [5.41, 5.74) is 3.33. The summed E-state index contributed by atoms with van der Waals surface area (Å²) in [4.78, 5) is 18.9. The van der Waals surface area contributed by atoms with Crippen molar-refractivity contribution in [1.29, 1.82) is 0 Å². The van der Waals surface area contributed by atoms with Crippen molar-refractivity contribution in [2.75, 3.05) is 25.1 Å². The van der Waals surface area contributed by atoms with Gasteiger partial charge in [-0.15, -0.1) is 0 Å². The number of amides is 2. The molecule has 0 bridgehead atoms. The average molecular weight is 343 g/mol. The molecule has 1 N–H and O–H groups in total. The number of urea groups is 1. The third kappa shape index (κ3) is 3.83. The van der Waals surface area contributed by atoms with Gasteiger partial charge in [0, 0.05) is 31.2 Å². The number of fused-ring (bicyclic) bond motifs is 1. The van der Waals surface area contributed by atoms with Crippen LogP contribution in [0.25, 0.3) is 10.9 Å². The van der Waals surface area contributed by atoms with Crippen LogP contribution in [-0.2, 0) is 6.54 Å². The van der Waals surface area contributed by atoms with Crippen molar-refractivity contribution in [3.05, 3.63) is 41.6 Å². The van der Waals surface area contributed by atoms with Crippen molar-refractivity contribution in [2.24, 2.45) is 5.92 Å². The molecular formula is C19H25N3OS. The topological polar surface area (TPSA) is 45.2 Å². The van der Waals surface area contributed by atoms with Gasteiger partial charge in [0.15, 0.2) is 0 Å². The van der Waals surface area contributed by atoms with E-state index in [1.807, 2.05) is 28.8 Å². The van der Waals surface area contributed by atoms with E-state index < -0.39 is 0 Å². The maximum absolute atomic E-state index is 12.6. The number of nitrogens with one attached hydrogen (secondary N) is 1. The molecule has 2 aromatic rings. The maximum atomic E-state index is 12.6. The zero-order valence-electron chi connectivity index (χ0n) is 14.4. The zero-order chi connectivity index (χ0) is 16.9. The lowest BCUT2D eigenvalue weighted by Gasteiger charge is -2.32. The van der Waals surface area contributed by atoms with Crippen LogP contribution in [0.3, 0.4) is 0 Å². The predicted octanol–water partition coefficient (Wildman–Crippen LogP) is 3.83. The van der Waals surface area contributed by atoms with E-state index in [-0.39, 0.29) is 6.03 Å². The van der Waals surface area contributed by atoms with Gasteiger partial charge in [-0.2, -0.15) is 11.8 Å². The third-order valence-electron chi connectivity index (χ3n) is 4.76. The molecule has 0 spiro atoms. The maximum Gasteiger partial charge on any atom is 0.317 e. The number of aryl methyl sites for hydroxylation is 1. The number of carbonyl (C=O) groups is 1. The second kappa shape index (κ2) is 7.88. The van der Waals surface area contributed by atoms with Crippen LogP contribution in [0, 0.1) is 12.8 Å². The first-order chi connectivity index (χ1) is 11.7. The molecule has 0 saturated carbocycles. The highest BCUT2D eigenvalue weighted by molar-refractivity contribution is 7.98. The van der Waals surface area contributed by atoms with Gasteiger partial charge in [-0.3, -0.25) is 4.98 Å². The molecule has 1 aliphatic heterocycles. The highest BCUT2D eigenvalue weighted by Gasteiger charge is 2.23. The number of benzene rings is 1. The highest BCUT2D eigenvalue weighted by Crippen LogP contribution is 2.22. The van der Waals surface area contributed by atoms with Gasteiger partial charge in [0.25, 0.3) is 0 Å². The molecule has 1 aliphatic rings. The number of aromatic nitrogens is 1. The van der Waals surface area contributed by atoms with E-state index in [0.717, 1.165) is 41.7 Å². The van der Waals surface area contributed by atoms with Crippen molar-refractivity contribution in [3.8, 4) is 0 Å². The lowest BCUT2D eigenvalue weighted by molar-refractivity contribution is 0.170. The first kappa shape index (κ1) is 17.1. The number of rotatable bonds is 4. The third-order valence-corrected chi connectivity index (χ3v) is 5.56. The molecule has 0 unspecified atom stereocenters. The second-order valence-electron chi connectivity index (χ2n) is 6.50. The van der Waals surface area contributed by atoms with Gasteiger partial charge >= 0.3 is 6.03 Å². The minimum absolute atomic E-state index is 0.0566. The molecule has 5 heteroatoms. The molecule has 24 heavy (non-hydrogen) atoms. The van der Waals surface area contributed by atoms with Crippen molar-refractivity contribution >= 4 is 28.7 Å². The summed E-state index contributed by atoms with van der Waals surface area (Å²) >= 11 is 1.87. The predicted molar refractivity (Wildman–Crippen MR) is 101 cm³/mol. The monoisotopic (exact) mass is 343 g/mol. The number of thioether (sulfide) groups is 1. The molecule has 2 amide bonds. The summed E-state index contributed by atoms with van der Waals surface area (Å²) < 4.78 is 0. The van der Waals surface area contributed by atoms with E-state index in [1.165, 1.54) is 12.0 Å². The Kier molecular flexibility index (Phi) is 5.61. The summed E-state index contributed by atoms with van der Waals surface area (Å²) in [5, 5.41) is 4.24. The van der Waals surface area contributed by atoms with Crippen LogP contribution in [0.4, 0.5) is 4.79 Å². The Morgan fingerprint density at radius 1 is 1.42 bits per heavy atom. The Labute approximate surface area is 148 Å². The molecule has 1 atom stereocenters. The molecule has 0 radical (unpaired) electrons. The molecule has 1 fully saturated rings. The Morgan fingerprint density at radius 3 is 3.12 bits per heavy atom. The quantitative estimate of drug-likeness (QED) is 0.918. The fourth-order valence-electron chi connectivity index (χ4n) is 3.45. The zero-order valence-corrected chi connectivity index (χ0v) is 15.2. The van der Waals surface area contributed by atoms with Crippen molar-refractivity contribution < 1.29 is 4.79 Å². The Bertz CT molecular complexity index is 717. The molecule has 1 aromatic carbocycles. The Balaban J connectivity index is 1.67. The highest BCUT2D eigenvalue weighted by atomic mass is 32.2. The standard InChI is InChI=1S/C19H25N3OS/c1-14-7-8-18-16(6-3-9-20-18)17(14)11-21-19(23)22-10-4-5-15(12-22)13-24-2/h3,6-9,15H,4-5,10-13H2,1-2H3,(H,21,23)/t15-/m0/s1. The summed E-state index contributed by atoms with van der Waals surface area (Å²) in [6, 6.07) is 8.19. The van der Waals surface area contributed by atoms with Crippen molar-refractivity contribution in [1.82, 2.24) is 15.2 Å². The van der Waals surface area contributed by atoms with Crippen LogP contribution in [0.5, 0.6) is 0 Å². The first-order valence-corrected chi connectivity index (χ1v) is 9.93. The number of pyridine rings is 1. The van der Waals surface area contributed by atoms with Crippen molar-refractivity contribution in [3.63, 3.8) is 0 Å². The molecule has 1 saturated heterocycles. The summed E-state index contributed by atoms with van der Waals surface area (Å²) in [5.74, 6) is 1.76. The molecule has 4 nitrogen and oxygen atoms in total. The van der Waals surface area contributed by atoms with E-state index >= 15 is 0 Å². The minimum Gasteiger partial charge on any atom is -0.334 e. The van der Waals surface area contributed by atoms with E-state index in [1.54, 1.807) is 6.20 Å². The van der Waals surface area contributed by atoms with Gasteiger partial charge in [0.1, 0.15) is 0 Å². The molecular weight excluding hydrogens is 318 g/mol. The van der Waals surface area contributed by atoms with Crippen LogP contribution in [0.15, 0.2) is 30.5 Å². The van der Waals surface area contributed by atoms with E-state index in [0.29, 0.717) is 12.5 Å². The fourth-order valence-corrected chi connectivity index (χ4v) is 4.20. The largest absolute Gasteiger partial charge is 0.334 e. The molecule has 2 heterocycles. The molecule has 128 valence electrons. The van der Waals surface area contributed by atoms with Gasteiger partial charge in [0.2, 0.25) is 0 Å². The number of hydrogen-bond acceptors (Lipinski definition) is 3. The summed E-state index contributed by atoms with van der Waals surface area (Å²) in [7, 11) is 0. The number of piperidine rings is 1. The lowest BCUT2D eigenvalue weighted by Crippen LogP contribution is -2.45. The molecule has 1 aromatic heterocycles. The van der Waals surface area contributed by atoms with Crippen LogP contribution in [-0.4, -0.2) is 41.0 Å². The smallest absolute Gasteiger partial charge is 0.317 e. The van der Waals surface area contributed by atoms with Crippen LogP contribution in [0.2, 0.25) is 0 Å². The van der Waals surface area contributed by atoms with Crippen molar-refractivity contribution in [2.45, 2.75) is 26.3 Å². The minimum atomic E-state index is 0.0566. The SMILES string of the molecule is CSC[C@H]1CCCN(C(=O)NCc2c(C)ccc3ncccc23)C1. The van der Waals surface area contributed by atoms with Gasteiger partial charge in [-0.05, 0) is 61.0 Å². The Hall–Kier alpha value is -1.75.